The van der Waals surface area contributed by atoms with Gasteiger partial charge in [0.2, 0.25) is 0 Å². The monoisotopic (exact) mass is 203 g/mol. The van der Waals surface area contributed by atoms with Gasteiger partial charge in [0, 0.05) is 12.1 Å². The predicted molar refractivity (Wildman–Crippen MR) is 64.9 cm³/mol. The van der Waals surface area contributed by atoms with Gasteiger partial charge in [0.25, 0.3) is 0 Å². The van der Waals surface area contributed by atoms with Crippen LogP contribution in [0.1, 0.15) is 32.3 Å². The summed E-state index contributed by atoms with van der Waals surface area (Å²) in [5.74, 6) is 0.898. The molecule has 1 N–H and O–H groups in total. The third kappa shape index (κ3) is 3.07. The summed E-state index contributed by atoms with van der Waals surface area (Å²) in [6.45, 7) is 4.60. The van der Waals surface area contributed by atoms with Crippen molar-refractivity contribution in [1.29, 1.82) is 0 Å². The van der Waals surface area contributed by atoms with E-state index in [0.717, 1.165) is 12.0 Å². The van der Waals surface area contributed by atoms with Gasteiger partial charge in [-0.3, -0.25) is 0 Å². The normalized spacial score (nSPS) is 26.3. The summed E-state index contributed by atoms with van der Waals surface area (Å²) in [6, 6.07) is 12.2. The zero-order chi connectivity index (χ0) is 10.7. The Morgan fingerprint density at radius 3 is 2.53 bits per heavy atom. The predicted octanol–water partition coefficient (Wildman–Crippen LogP) is 3.01. The maximum atomic E-state index is 3.74. The van der Waals surface area contributed by atoms with Crippen molar-refractivity contribution < 1.29 is 0 Å². The second-order valence-corrected chi connectivity index (χ2v) is 4.78. The third-order valence-corrected chi connectivity index (χ3v) is 3.38. The van der Waals surface area contributed by atoms with Crippen LogP contribution in [-0.4, -0.2) is 12.1 Å². The van der Waals surface area contributed by atoms with Gasteiger partial charge in [-0.15, -0.1) is 0 Å². The number of rotatable bonds is 5. The molecule has 0 bridgehead atoms. The Labute approximate surface area is 92.9 Å². The smallest absolute Gasteiger partial charge is 0.0108 e. The van der Waals surface area contributed by atoms with Gasteiger partial charge >= 0.3 is 0 Å². The first-order valence-electron chi connectivity index (χ1n) is 6.09. The first-order valence-corrected chi connectivity index (χ1v) is 6.09. The lowest BCUT2D eigenvalue weighted by Crippen LogP contribution is -2.33. The molecule has 15 heavy (non-hydrogen) atoms. The fraction of sp³-hybridized carbons (Fsp3) is 0.571. The van der Waals surface area contributed by atoms with Crippen LogP contribution in [0.25, 0.3) is 0 Å². The highest BCUT2D eigenvalue weighted by Gasteiger charge is 2.33. The van der Waals surface area contributed by atoms with E-state index in [1.54, 1.807) is 0 Å². The highest BCUT2D eigenvalue weighted by atomic mass is 15.0. The average Bonchev–Trinajstić information content (AvgIpc) is 2.95. The molecule has 0 aliphatic heterocycles. The summed E-state index contributed by atoms with van der Waals surface area (Å²) in [7, 11) is 0. The van der Waals surface area contributed by atoms with E-state index in [9.17, 15) is 0 Å². The largest absolute Gasteiger partial charge is 0.311 e. The summed E-state index contributed by atoms with van der Waals surface area (Å²) in [6.07, 6.45) is 3.75. The second-order valence-electron chi connectivity index (χ2n) is 4.78. The number of hydrogen-bond acceptors (Lipinski definition) is 1. The summed E-state index contributed by atoms with van der Waals surface area (Å²) in [5, 5.41) is 3.74. The number of hydrogen-bond donors (Lipinski definition) is 1. The molecule has 1 nitrogen and oxygen atoms in total. The van der Waals surface area contributed by atoms with Crippen LogP contribution in [0.4, 0.5) is 0 Å². The van der Waals surface area contributed by atoms with Crippen LogP contribution in [0.15, 0.2) is 30.3 Å². The summed E-state index contributed by atoms with van der Waals surface area (Å²) in [5.41, 5.74) is 1.45. The van der Waals surface area contributed by atoms with Crippen LogP contribution in [0.3, 0.4) is 0 Å². The van der Waals surface area contributed by atoms with Crippen molar-refractivity contribution in [3.05, 3.63) is 35.9 Å². The molecule has 0 radical (unpaired) electrons. The molecule has 1 saturated carbocycles. The zero-order valence-electron chi connectivity index (χ0n) is 9.74. The van der Waals surface area contributed by atoms with E-state index >= 15 is 0 Å². The molecule has 0 aromatic heterocycles. The zero-order valence-corrected chi connectivity index (χ0v) is 9.74. The molecule has 82 valence electrons. The van der Waals surface area contributed by atoms with Crippen molar-refractivity contribution in [2.45, 2.75) is 45.2 Å². The van der Waals surface area contributed by atoms with E-state index in [-0.39, 0.29) is 0 Å². The molecular weight excluding hydrogens is 182 g/mol. The molecule has 3 unspecified atom stereocenters. The van der Waals surface area contributed by atoms with Crippen molar-refractivity contribution >= 4 is 0 Å². The average molecular weight is 203 g/mol. The van der Waals surface area contributed by atoms with Crippen LogP contribution in [0, 0.1) is 5.92 Å². The second kappa shape index (κ2) is 4.80. The molecule has 0 spiro atoms. The molecule has 2 rings (SSSR count). The first-order chi connectivity index (χ1) is 7.29. The van der Waals surface area contributed by atoms with Crippen LogP contribution in [0.2, 0.25) is 0 Å². The Hall–Kier alpha value is -0.820. The Kier molecular flexibility index (Phi) is 3.42. The minimum absolute atomic E-state index is 0.655. The lowest BCUT2D eigenvalue weighted by molar-refractivity contribution is 0.481. The van der Waals surface area contributed by atoms with E-state index in [1.807, 2.05) is 0 Å². The van der Waals surface area contributed by atoms with E-state index in [2.05, 4.69) is 49.5 Å². The maximum Gasteiger partial charge on any atom is 0.0108 e. The highest BCUT2D eigenvalue weighted by Crippen LogP contribution is 2.30. The summed E-state index contributed by atoms with van der Waals surface area (Å²) >= 11 is 0. The molecule has 0 heterocycles. The van der Waals surface area contributed by atoms with Gasteiger partial charge in [0.05, 0.1) is 0 Å². The van der Waals surface area contributed by atoms with Crippen LogP contribution < -0.4 is 5.32 Å². The van der Waals surface area contributed by atoms with Gasteiger partial charge in [0.15, 0.2) is 0 Å². The summed E-state index contributed by atoms with van der Waals surface area (Å²) < 4.78 is 0. The van der Waals surface area contributed by atoms with E-state index in [1.165, 1.54) is 24.8 Å². The van der Waals surface area contributed by atoms with Gasteiger partial charge in [-0.1, -0.05) is 44.2 Å². The SMILES string of the molecule is CCC(Cc1ccccc1)NC1CC1C. The lowest BCUT2D eigenvalue weighted by atomic mass is 10.0. The van der Waals surface area contributed by atoms with Crippen molar-refractivity contribution in [3.8, 4) is 0 Å². The lowest BCUT2D eigenvalue weighted by Gasteiger charge is -2.16. The Balaban J connectivity index is 1.85. The molecule has 1 aliphatic carbocycles. The van der Waals surface area contributed by atoms with Crippen molar-refractivity contribution in [2.24, 2.45) is 5.92 Å². The molecule has 1 aromatic rings. The van der Waals surface area contributed by atoms with Gasteiger partial charge in [-0.05, 0) is 30.7 Å². The van der Waals surface area contributed by atoms with Crippen molar-refractivity contribution in [3.63, 3.8) is 0 Å². The quantitative estimate of drug-likeness (QED) is 0.775. The van der Waals surface area contributed by atoms with E-state index in [0.29, 0.717) is 6.04 Å². The standard InChI is InChI=1S/C14H21N/c1-3-13(15-14-9-11(14)2)10-12-7-5-4-6-8-12/h4-8,11,13-15H,3,9-10H2,1-2H3. The van der Waals surface area contributed by atoms with E-state index in [4.69, 9.17) is 0 Å². The topological polar surface area (TPSA) is 12.0 Å². The fourth-order valence-electron chi connectivity index (χ4n) is 2.08. The molecule has 3 atom stereocenters. The molecule has 1 aromatic carbocycles. The number of nitrogens with one attached hydrogen (secondary N) is 1. The fourth-order valence-corrected chi connectivity index (χ4v) is 2.08. The molecule has 0 amide bonds. The minimum atomic E-state index is 0.655. The maximum absolute atomic E-state index is 3.74. The minimum Gasteiger partial charge on any atom is -0.311 e. The number of benzene rings is 1. The summed E-state index contributed by atoms with van der Waals surface area (Å²) in [4.78, 5) is 0. The van der Waals surface area contributed by atoms with E-state index < -0.39 is 0 Å². The van der Waals surface area contributed by atoms with Crippen molar-refractivity contribution in [1.82, 2.24) is 5.32 Å². The molecule has 0 saturated heterocycles. The van der Waals surface area contributed by atoms with Crippen LogP contribution >= 0.6 is 0 Å². The third-order valence-electron chi connectivity index (χ3n) is 3.38. The Bertz CT molecular complexity index is 293. The van der Waals surface area contributed by atoms with Gasteiger partial charge in [-0.2, -0.15) is 0 Å². The molecule has 1 fully saturated rings. The van der Waals surface area contributed by atoms with Gasteiger partial charge in [0.1, 0.15) is 0 Å². The van der Waals surface area contributed by atoms with Gasteiger partial charge in [-0.25, -0.2) is 0 Å². The molecular formula is C14H21N. The molecule has 1 aliphatic rings. The highest BCUT2D eigenvalue weighted by molar-refractivity contribution is 5.16. The van der Waals surface area contributed by atoms with Crippen molar-refractivity contribution in [2.75, 3.05) is 0 Å². The molecule has 1 heteroatoms. The Morgan fingerprint density at radius 1 is 1.33 bits per heavy atom. The first kappa shape index (κ1) is 10.7. The van der Waals surface area contributed by atoms with Crippen LogP contribution in [-0.2, 0) is 6.42 Å². The van der Waals surface area contributed by atoms with Gasteiger partial charge < -0.3 is 5.32 Å². The van der Waals surface area contributed by atoms with Crippen LogP contribution in [0.5, 0.6) is 0 Å². The Morgan fingerprint density at radius 2 is 2.00 bits per heavy atom.